The molecule has 0 aliphatic carbocycles. The summed E-state index contributed by atoms with van der Waals surface area (Å²) in [5.74, 6) is 1.45. The van der Waals surface area contributed by atoms with Crippen molar-refractivity contribution in [3.63, 3.8) is 0 Å². The van der Waals surface area contributed by atoms with Crippen molar-refractivity contribution in [2.75, 3.05) is 21.3 Å². The van der Waals surface area contributed by atoms with Crippen molar-refractivity contribution >= 4 is 0 Å². The number of nitrogens with one attached hydrogen (secondary N) is 1. The first-order chi connectivity index (χ1) is 9.67. The molecule has 0 spiro atoms. The zero-order valence-electron chi connectivity index (χ0n) is 12.3. The molecule has 0 saturated heterocycles. The second kappa shape index (κ2) is 6.38. The number of benzene rings is 1. The van der Waals surface area contributed by atoms with Crippen LogP contribution in [0.1, 0.15) is 17.3 Å². The van der Waals surface area contributed by atoms with Gasteiger partial charge in [0.2, 0.25) is 0 Å². The number of aromatic nitrogens is 3. The summed E-state index contributed by atoms with van der Waals surface area (Å²) in [7, 11) is 7.06. The Balaban J connectivity index is 2.22. The van der Waals surface area contributed by atoms with E-state index in [1.54, 1.807) is 18.9 Å². The van der Waals surface area contributed by atoms with E-state index in [2.05, 4.69) is 15.6 Å². The van der Waals surface area contributed by atoms with Gasteiger partial charge in [0, 0.05) is 25.7 Å². The molecule has 0 fully saturated rings. The highest BCUT2D eigenvalue weighted by molar-refractivity contribution is 5.44. The Morgan fingerprint density at radius 1 is 1.25 bits per heavy atom. The third kappa shape index (κ3) is 3.08. The Kier molecular flexibility index (Phi) is 4.57. The fourth-order valence-electron chi connectivity index (χ4n) is 2.15. The van der Waals surface area contributed by atoms with E-state index in [4.69, 9.17) is 9.47 Å². The van der Waals surface area contributed by atoms with E-state index in [9.17, 15) is 0 Å². The quantitative estimate of drug-likeness (QED) is 0.862. The SMILES string of the molecule is CNC(Cc1cn(C)nn1)c1ccc(OC)c(OC)c1. The van der Waals surface area contributed by atoms with Crippen molar-refractivity contribution in [2.24, 2.45) is 7.05 Å². The van der Waals surface area contributed by atoms with Crippen LogP contribution in [0, 0.1) is 0 Å². The van der Waals surface area contributed by atoms with Crippen LogP contribution in [0.15, 0.2) is 24.4 Å². The van der Waals surface area contributed by atoms with E-state index in [0.29, 0.717) is 0 Å². The predicted octanol–water partition coefficient (Wildman–Crippen LogP) is 1.34. The maximum Gasteiger partial charge on any atom is 0.161 e. The smallest absolute Gasteiger partial charge is 0.161 e. The van der Waals surface area contributed by atoms with Crippen LogP contribution >= 0.6 is 0 Å². The zero-order chi connectivity index (χ0) is 14.5. The van der Waals surface area contributed by atoms with Crippen molar-refractivity contribution < 1.29 is 9.47 Å². The molecule has 6 heteroatoms. The average molecular weight is 276 g/mol. The molecule has 20 heavy (non-hydrogen) atoms. The molecule has 2 aromatic rings. The minimum atomic E-state index is 0.145. The van der Waals surface area contributed by atoms with E-state index in [1.807, 2.05) is 38.5 Å². The second-order valence-electron chi connectivity index (χ2n) is 4.54. The van der Waals surface area contributed by atoms with Gasteiger partial charge in [-0.3, -0.25) is 4.68 Å². The van der Waals surface area contributed by atoms with Crippen LogP contribution in [0.4, 0.5) is 0 Å². The molecule has 0 aliphatic heterocycles. The van der Waals surface area contributed by atoms with Crippen LogP contribution in [0.2, 0.25) is 0 Å². The number of ether oxygens (including phenoxy) is 2. The van der Waals surface area contributed by atoms with Crippen LogP contribution in [0.5, 0.6) is 11.5 Å². The third-order valence-electron chi connectivity index (χ3n) is 3.22. The molecule has 1 N–H and O–H groups in total. The van der Waals surface area contributed by atoms with E-state index < -0.39 is 0 Å². The maximum atomic E-state index is 5.34. The van der Waals surface area contributed by atoms with Gasteiger partial charge >= 0.3 is 0 Å². The van der Waals surface area contributed by atoms with Gasteiger partial charge in [-0.1, -0.05) is 11.3 Å². The molecule has 1 unspecified atom stereocenters. The molecule has 0 bridgehead atoms. The summed E-state index contributed by atoms with van der Waals surface area (Å²) < 4.78 is 12.3. The highest BCUT2D eigenvalue weighted by Gasteiger charge is 2.15. The van der Waals surface area contributed by atoms with Gasteiger partial charge in [-0.2, -0.15) is 0 Å². The van der Waals surface area contributed by atoms with Crippen molar-refractivity contribution in [3.8, 4) is 11.5 Å². The Hall–Kier alpha value is -2.08. The number of methoxy groups -OCH3 is 2. The first-order valence-electron chi connectivity index (χ1n) is 6.42. The van der Waals surface area contributed by atoms with E-state index in [-0.39, 0.29) is 6.04 Å². The fourth-order valence-corrected chi connectivity index (χ4v) is 2.15. The largest absolute Gasteiger partial charge is 0.493 e. The first kappa shape index (κ1) is 14.3. The molecule has 1 aromatic carbocycles. The highest BCUT2D eigenvalue weighted by Crippen LogP contribution is 2.30. The Morgan fingerprint density at radius 2 is 2.00 bits per heavy atom. The van der Waals surface area contributed by atoms with Crippen LogP contribution in [0.25, 0.3) is 0 Å². The summed E-state index contributed by atoms with van der Waals surface area (Å²) >= 11 is 0. The molecule has 1 aromatic heterocycles. The molecular weight excluding hydrogens is 256 g/mol. The number of hydrogen-bond acceptors (Lipinski definition) is 5. The minimum absolute atomic E-state index is 0.145. The van der Waals surface area contributed by atoms with Gasteiger partial charge in [-0.25, -0.2) is 0 Å². The summed E-state index contributed by atoms with van der Waals surface area (Å²) in [6, 6.07) is 6.07. The first-order valence-corrected chi connectivity index (χ1v) is 6.42. The number of likely N-dealkylation sites (N-methyl/N-ethyl adjacent to an activating group) is 1. The van der Waals surface area contributed by atoms with Crippen molar-refractivity contribution in [3.05, 3.63) is 35.7 Å². The van der Waals surface area contributed by atoms with Gasteiger partial charge in [0.1, 0.15) is 0 Å². The molecule has 0 saturated carbocycles. The Morgan fingerprint density at radius 3 is 2.55 bits per heavy atom. The lowest BCUT2D eigenvalue weighted by molar-refractivity contribution is 0.354. The molecule has 0 aliphatic rings. The summed E-state index contributed by atoms with van der Waals surface area (Å²) in [5.41, 5.74) is 2.07. The third-order valence-corrected chi connectivity index (χ3v) is 3.22. The normalized spacial score (nSPS) is 12.2. The second-order valence-corrected chi connectivity index (χ2v) is 4.54. The van der Waals surface area contributed by atoms with Crippen LogP contribution in [0.3, 0.4) is 0 Å². The standard InChI is InChI=1S/C14H20N4O2/c1-15-12(8-11-9-18(2)17-16-11)10-5-6-13(19-3)14(7-10)20-4/h5-7,9,12,15H,8H2,1-4H3. The lowest BCUT2D eigenvalue weighted by Gasteiger charge is -2.17. The topological polar surface area (TPSA) is 61.2 Å². The molecular formula is C14H20N4O2. The van der Waals surface area contributed by atoms with E-state index in [1.165, 1.54) is 0 Å². The molecule has 0 radical (unpaired) electrons. The average Bonchev–Trinajstić information content (AvgIpc) is 2.89. The van der Waals surface area contributed by atoms with E-state index >= 15 is 0 Å². The zero-order valence-corrected chi connectivity index (χ0v) is 12.3. The van der Waals surface area contributed by atoms with Crippen molar-refractivity contribution in [2.45, 2.75) is 12.5 Å². The summed E-state index contributed by atoms with van der Waals surface area (Å²) in [6.45, 7) is 0. The molecule has 108 valence electrons. The Labute approximate surface area is 118 Å². The van der Waals surface area contributed by atoms with Gasteiger partial charge in [0.25, 0.3) is 0 Å². The summed E-state index contributed by atoms with van der Waals surface area (Å²) in [5, 5.41) is 11.4. The Bertz CT molecular complexity index is 568. The van der Waals surface area contributed by atoms with Gasteiger partial charge < -0.3 is 14.8 Å². The molecule has 2 rings (SSSR count). The monoisotopic (exact) mass is 276 g/mol. The number of rotatable bonds is 6. The molecule has 0 amide bonds. The van der Waals surface area contributed by atoms with Crippen LogP contribution < -0.4 is 14.8 Å². The summed E-state index contributed by atoms with van der Waals surface area (Å²) in [6.07, 6.45) is 2.69. The van der Waals surface area contributed by atoms with Gasteiger partial charge in [-0.05, 0) is 24.7 Å². The molecule has 1 atom stereocenters. The number of hydrogen-bond donors (Lipinski definition) is 1. The van der Waals surface area contributed by atoms with Crippen LogP contribution in [-0.2, 0) is 13.5 Å². The predicted molar refractivity (Wildman–Crippen MR) is 76.1 cm³/mol. The number of aryl methyl sites for hydroxylation is 1. The number of nitrogens with zero attached hydrogens (tertiary/aromatic N) is 3. The van der Waals surface area contributed by atoms with E-state index in [0.717, 1.165) is 29.2 Å². The fraction of sp³-hybridized carbons (Fsp3) is 0.429. The van der Waals surface area contributed by atoms with Crippen molar-refractivity contribution in [1.29, 1.82) is 0 Å². The van der Waals surface area contributed by atoms with Crippen LogP contribution in [-0.4, -0.2) is 36.3 Å². The van der Waals surface area contributed by atoms with Gasteiger partial charge in [-0.15, -0.1) is 5.10 Å². The lowest BCUT2D eigenvalue weighted by Crippen LogP contribution is -2.19. The molecule has 6 nitrogen and oxygen atoms in total. The van der Waals surface area contributed by atoms with Gasteiger partial charge in [0.05, 0.1) is 19.9 Å². The van der Waals surface area contributed by atoms with Gasteiger partial charge in [0.15, 0.2) is 11.5 Å². The summed E-state index contributed by atoms with van der Waals surface area (Å²) in [4.78, 5) is 0. The molecule has 1 heterocycles. The highest BCUT2D eigenvalue weighted by atomic mass is 16.5. The van der Waals surface area contributed by atoms with Crippen molar-refractivity contribution in [1.82, 2.24) is 20.3 Å². The maximum absolute atomic E-state index is 5.34. The minimum Gasteiger partial charge on any atom is -0.493 e. The lowest BCUT2D eigenvalue weighted by atomic mass is 10.0.